The Morgan fingerprint density at radius 1 is 1.12 bits per heavy atom. The zero-order valence-corrected chi connectivity index (χ0v) is 18.4. The first kappa shape index (κ1) is 20.6. The molecule has 32 heavy (non-hydrogen) atoms. The van der Waals surface area contributed by atoms with Gasteiger partial charge in [-0.3, -0.25) is 4.79 Å². The number of fused-ring (bicyclic) bond motifs is 2. The summed E-state index contributed by atoms with van der Waals surface area (Å²) in [6, 6.07) is 20.1. The molecule has 0 saturated heterocycles. The van der Waals surface area contributed by atoms with Crippen LogP contribution >= 0.6 is 11.8 Å². The Hall–Kier alpha value is -3.25. The monoisotopic (exact) mass is 447 g/mol. The van der Waals surface area contributed by atoms with Crippen LogP contribution in [0.3, 0.4) is 0 Å². The van der Waals surface area contributed by atoms with Gasteiger partial charge in [-0.15, -0.1) is 11.8 Å². The number of thioether (sulfide) groups is 1. The second-order valence-corrected chi connectivity index (χ2v) is 9.00. The minimum absolute atomic E-state index is 0.0236. The summed E-state index contributed by atoms with van der Waals surface area (Å²) in [4.78, 5) is 16.2. The van der Waals surface area contributed by atoms with Crippen LogP contribution in [0.5, 0.6) is 5.75 Å². The number of hydrogen-bond donors (Lipinski definition) is 0. The second kappa shape index (κ2) is 8.71. The van der Waals surface area contributed by atoms with Crippen LogP contribution in [0.1, 0.15) is 22.8 Å². The fraction of sp³-hybridized carbons (Fsp3) is 0.192. The Kier molecular flexibility index (Phi) is 5.62. The van der Waals surface area contributed by atoms with Crippen molar-refractivity contribution in [2.24, 2.45) is 0 Å². The smallest absolute Gasteiger partial charge is 0.197 e. The first-order valence-corrected chi connectivity index (χ1v) is 11.4. The topological polar surface area (TPSA) is 42.7 Å². The van der Waals surface area contributed by atoms with Gasteiger partial charge in [-0.2, -0.15) is 0 Å². The molecule has 0 fully saturated rings. The SMILES string of the molecule is COc1ccc2c(c1)SC(c1ccccc1F)CCN2Cc1coc2ccccc2c1=O. The zero-order chi connectivity index (χ0) is 22.1. The minimum Gasteiger partial charge on any atom is -0.497 e. The van der Waals surface area contributed by atoms with E-state index in [1.54, 1.807) is 43.3 Å². The van der Waals surface area contributed by atoms with Gasteiger partial charge in [0.15, 0.2) is 5.43 Å². The molecule has 162 valence electrons. The van der Waals surface area contributed by atoms with Gasteiger partial charge in [0.2, 0.25) is 0 Å². The molecule has 0 bridgehead atoms. The van der Waals surface area contributed by atoms with E-state index in [0.29, 0.717) is 35.2 Å². The summed E-state index contributed by atoms with van der Waals surface area (Å²) >= 11 is 1.63. The maximum atomic E-state index is 14.6. The van der Waals surface area contributed by atoms with Crippen LogP contribution in [0, 0.1) is 5.82 Å². The van der Waals surface area contributed by atoms with E-state index < -0.39 is 0 Å². The first-order valence-electron chi connectivity index (χ1n) is 10.5. The van der Waals surface area contributed by atoms with Gasteiger partial charge in [0.25, 0.3) is 0 Å². The summed E-state index contributed by atoms with van der Waals surface area (Å²) in [6.07, 6.45) is 2.29. The highest BCUT2D eigenvalue weighted by Crippen LogP contribution is 2.47. The average Bonchev–Trinajstić information content (AvgIpc) is 3.00. The molecule has 4 nitrogen and oxygen atoms in total. The predicted molar refractivity (Wildman–Crippen MR) is 126 cm³/mol. The lowest BCUT2D eigenvalue weighted by atomic mass is 10.1. The zero-order valence-electron chi connectivity index (χ0n) is 17.6. The number of rotatable bonds is 4. The molecule has 6 heteroatoms. The Labute approximate surface area is 189 Å². The Morgan fingerprint density at radius 2 is 1.94 bits per heavy atom. The molecule has 1 aromatic heterocycles. The van der Waals surface area contributed by atoms with Gasteiger partial charge in [0, 0.05) is 28.8 Å². The number of nitrogens with zero attached hydrogens (tertiary/aromatic N) is 1. The van der Waals surface area contributed by atoms with E-state index in [0.717, 1.165) is 22.8 Å². The number of hydrogen-bond acceptors (Lipinski definition) is 5. The van der Waals surface area contributed by atoms with Crippen LogP contribution in [-0.4, -0.2) is 13.7 Å². The van der Waals surface area contributed by atoms with Crippen molar-refractivity contribution < 1.29 is 13.5 Å². The van der Waals surface area contributed by atoms with Crippen molar-refractivity contribution in [2.45, 2.75) is 23.1 Å². The number of halogens is 1. The minimum atomic E-state index is -0.196. The van der Waals surface area contributed by atoms with Crippen molar-refractivity contribution >= 4 is 28.4 Å². The highest BCUT2D eigenvalue weighted by atomic mass is 32.2. The highest BCUT2D eigenvalue weighted by molar-refractivity contribution is 7.99. The molecule has 1 atom stereocenters. The van der Waals surface area contributed by atoms with Gasteiger partial charge in [0.1, 0.15) is 17.1 Å². The Bertz CT molecular complexity index is 1340. The summed E-state index contributed by atoms with van der Waals surface area (Å²) in [7, 11) is 1.63. The third kappa shape index (κ3) is 3.86. The van der Waals surface area contributed by atoms with E-state index in [1.807, 2.05) is 42.5 Å². The molecule has 1 unspecified atom stereocenters. The maximum Gasteiger partial charge on any atom is 0.197 e. The Morgan fingerprint density at radius 3 is 2.78 bits per heavy atom. The number of anilines is 1. The van der Waals surface area contributed by atoms with Gasteiger partial charge in [-0.25, -0.2) is 4.39 Å². The van der Waals surface area contributed by atoms with E-state index in [2.05, 4.69) is 4.90 Å². The lowest BCUT2D eigenvalue weighted by Gasteiger charge is -2.24. The van der Waals surface area contributed by atoms with Crippen LogP contribution in [0.25, 0.3) is 11.0 Å². The van der Waals surface area contributed by atoms with Crippen molar-refractivity contribution in [3.63, 3.8) is 0 Å². The molecular formula is C26H22FNO3S. The molecule has 1 aliphatic heterocycles. The molecule has 0 spiro atoms. The van der Waals surface area contributed by atoms with Crippen LogP contribution in [0.2, 0.25) is 0 Å². The number of methoxy groups -OCH3 is 1. The van der Waals surface area contributed by atoms with E-state index in [9.17, 15) is 9.18 Å². The molecule has 0 N–H and O–H groups in total. The first-order chi connectivity index (χ1) is 15.6. The maximum absolute atomic E-state index is 14.6. The van der Waals surface area contributed by atoms with Gasteiger partial charge < -0.3 is 14.1 Å². The van der Waals surface area contributed by atoms with Crippen molar-refractivity contribution in [1.29, 1.82) is 0 Å². The summed E-state index contributed by atoms with van der Waals surface area (Å²) < 4.78 is 25.7. The number of ether oxygens (including phenoxy) is 1. The predicted octanol–water partition coefficient (Wildman–Crippen LogP) is 6.18. The van der Waals surface area contributed by atoms with E-state index >= 15 is 0 Å². The molecule has 1 aliphatic rings. The standard InChI is InChI=1S/C26H22FNO3S/c1-30-18-10-11-22-25(14-18)32-24(19-6-2-4-8-21(19)27)12-13-28(22)15-17-16-31-23-9-5-3-7-20(23)26(17)29/h2-11,14,16,24H,12-13,15H2,1H3. The summed E-state index contributed by atoms with van der Waals surface area (Å²) in [6.45, 7) is 1.09. The van der Waals surface area contributed by atoms with Crippen LogP contribution in [0.4, 0.5) is 10.1 Å². The molecule has 0 aliphatic carbocycles. The van der Waals surface area contributed by atoms with Crippen molar-refractivity contribution in [3.05, 3.63) is 100 Å². The van der Waals surface area contributed by atoms with Crippen molar-refractivity contribution in [1.82, 2.24) is 0 Å². The van der Waals surface area contributed by atoms with E-state index in [-0.39, 0.29) is 16.5 Å². The lowest BCUT2D eigenvalue weighted by molar-refractivity contribution is 0.413. The quantitative estimate of drug-likeness (QED) is 0.373. The summed E-state index contributed by atoms with van der Waals surface area (Å²) in [5.41, 5.74) is 2.85. The Balaban J connectivity index is 1.53. The highest BCUT2D eigenvalue weighted by Gasteiger charge is 2.26. The van der Waals surface area contributed by atoms with Crippen molar-refractivity contribution in [2.75, 3.05) is 18.6 Å². The largest absolute Gasteiger partial charge is 0.497 e. The average molecular weight is 448 g/mol. The van der Waals surface area contributed by atoms with Crippen LogP contribution < -0.4 is 15.1 Å². The second-order valence-electron chi connectivity index (χ2n) is 7.76. The van der Waals surface area contributed by atoms with E-state index in [4.69, 9.17) is 9.15 Å². The molecule has 2 heterocycles. The molecule has 0 amide bonds. The molecular weight excluding hydrogens is 425 g/mol. The molecule has 3 aromatic carbocycles. The lowest BCUT2D eigenvalue weighted by Crippen LogP contribution is -2.27. The normalized spacial score (nSPS) is 15.9. The molecule has 0 radical (unpaired) electrons. The number of benzene rings is 3. The molecule has 5 rings (SSSR count). The van der Waals surface area contributed by atoms with Gasteiger partial charge in [-0.05, 0) is 42.8 Å². The van der Waals surface area contributed by atoms with Gasteiger partial charge >= 0.3 is 0 Å². The fourth-order valence-corrected chi connectivity index (χ4v) is 5.49. The fourth-order valence-electron chi connectivity index (χ4n) is 4.14. The third-order valence-electron chi connectivity index (χ3n) is 5.80. The summed E-state index contributed by atoms with van der Waals surface area (Å²) in [5, 5.41) is 0.536. The number of para-hydroxylation sites is 1. The van der Waals surface area contributed by atoms with Crippen LogP contribution in [0.15, 0.2) is 87.1 Å². The molecule has 4 aromatic rings. The van der Waals surface area contributed by atoms with E-state index in [1.165, 1.54) is 6.07 Å². The van der Waals surface area contributed by atoms with Crippen LogP contribution in [-0.2, 0) is 6.54 Å². The van der Waals surface area contributed by atoms with Gasteiger partial charge in [-0.1, -0.05) is 30.3 Å². The third-order valence-corrected chi connectivity index (χ3v) is 7.16. The van der Waals surface area contributed by atoms with Gasteiger partial charge in [0.05, 0.1) is 30.0 Å². The molecule has 0 saturated carbocycles. The summed E-state index contributed by atoms with van der Waals surface area (Å²) in [5.74, 6) is 0.550. The van der Waals surface area contributed by atoms with Crippen molar-refractivity contribution in [3.8, 4) is 5.75 Å².